The minimum absolute atomic E-state index is 0.0237. The number of oxazole rings is 1. The number of amides is 1. The number of benzene rings is 1. The second-order valence-electron chi connectivity index (χ2n) is 6.61. The van der Waals surface area contributed by atoms with Crippen LogP contribution in [0.5, 0.6) is 5.75 Å². The first kappa shape index (κ1) is 18.4. The third-order valence-electron chi connectivity index (χ3n) is 4.79. The quantitative estimate of drug-likeness (QED) is 0.825. The number of nitrogens with zero attached hydrogens (tertiary/aromatic N) is 1. The Morgan fingerprint density at radius 1 is 1.50 bits per heavy atom. The van der Waals surface area contributed by atoms with Crippen LogP contribution in [0, 0.1) is 18.7 Å². The molecule has 0 aliphatic heterocycles. The number of rotatable bonds is 6. The van der Waals surface area contributed by atoms with E-state index in [0.29, 0.717) is 36.4 Å². The molecule has 1 aliphatic rings. The van der Waals surface area contributed by atoms with E-state index in [2.05, 4.69) is 10.3 Å². The zero-order chi connectivity index (χ0) is 18.8. The molecule has 0 saturated heterocycles. The van der Waals surface area contributed by atoms with E-state index in [9.17, 15) is 14.3 Å². The normalized spacial score (nSPS) is 20.3. The Balaban J connectivity index is 1.85. The first-order chi connectivity index (χ1) is 12.4. The molecule has 1 fully saturated rings. The van der Waals surface area contributed by atoms with Crippen molar-refractivity contribution >= 4 is 5.91 Å². The minimum atomic E-state index is -0.492. The van der Waals surface area contributed by atoms with Crippen molar-refractivity contribution in [1.82, 2.24) is 10.3 Å². The zero-order valence-electron chi connectivity index (χ0n) is 15.1. The number of aliphatic hydroxyl groups is 1. The SMILES string of the molecule is CCc1nc(C)c(C(=O)N[C@@H](c2ccc(OC)c(F)c2)C2CC(O)C2)o1. The fourth-order valence-corrected chi connectivity index (χ4v) is 3.27. The molecule has 0 bridgehead atoms. The van der Waals surface area contributed by atoms with E-state index >= 15 is 0 Å². The molecule has 2 N–H and O–H groups in total. The Labute approximate surface area is 151 Å². The van der Waals surface area contributed by atoms with E-state index in [4.69, 9.17) is 9.15 Å². The lowest BCUT2D eigenvalue weighted by Gasteiger charge is -2.38. The summed E-state index contributed by atoms with van der Waals surface area (Å²) >= 11 is 0. The molecule has 26 heavy (non-hydrogen) atoms. The van der Waals surface area contributed by atoms with E-state index in [0.717, 1.165) is 0 Å². The molecule has 140 valence electrons. The monoisotopic (exact) mass is 362 g/mol. The molecule has 1 atom stereocenters. The van der Waals surface area contributed by atoms with Gasteiger partial charge in [0.1, 0.15) is 0 Å². The second kappa shape index (κ2) is 7.45. The predicted octanol–water partition coefficient (Wildman–Crippen LogP) is 2.94. The Bertz CT molecular complexity index is 799. The van der Waals surface area contributed by atoms with Crippen LogP contribution in [-0.2, 0) is 6.42 Å². The van der Waals surface area contributed by atoms with Crippen LogP contribution in [0.4, 0.5) is 4.39 Å². The molecule has 6 nitrogen and oxygen atoms in total. The molecule has 1 saturated carbocycles. The van der Waals surface area contributed by atoms with Crippen LogP contribution >= 0.6 is 0 Å². The molecule has 2 aromatic rings. The highest BCUT2D eigenvalue weighted by molar-refractivity contribution is 5.92. The molecule has 1 heterocycles. The van der Waals surface area contributed by atoms with Crippen molar-refractivity contribution in [1.29, 1.82) is 0 Å². The van der Waals surface area contributed by atoms with Gasteiger partial charge in [0.25, 0.3) is 5.91 Å². The molecule has 1 amide bonds. The highest BCUT2D eigenvalue weighted by atomic mass is 19.1. The van der Waals surface area contributed by atoms with Gasteiger partial charge >= 0.3 is 0 Å². The van der Waals surface area contributed by atoms with Gasteiger partial charge in [0.2, 0.25) is 5.76 Å². The van der Waals surface area contributed by atoms with Crippen LogP contribution in [0.3, 0.4) is 0 Å². The summed E-state index contributed by atoms with van der Waals surface area (Å²) in [6.45, 7) is 3.61. The molecule has 1 aliphatic carbocycles. The van der Waals surface area contributed by atoms with Crippen LogP contribution in [0.1, 0.15) is 53.5 Å². The fourth-order valence-electron chi connectivity index (χ4n) is 3.27. The van der Waals surface area contributed by atoms with Gasteiger partial charge in [0.15, 0.2) is 17.5 Å². The van der Waals surface area contributed by atoms with E-state index in [-0.39, 0.29) is 23.5 Å². The fraction of sp³-hybridized carbons (Fsp3) is 0.474. The molecule has 7 heteroatoms. The number of methoxy groups -OCH3 is 1. The van der Waals surface area contributed by atoms with Crippen molar-refractivity contribution in [2.75, 3.05) is 7.11 Å². The number of aromatic nitrogens is 1. The number of carbonyl (C=O) groups is 1. The van der Waals surface area contributed by atoms with Gasteiger partial charge in [-0.15, -0.1) is 0 Å². The van der Waals surface area contributed by atoms with E-state index in [1.54, 1.807) is 13.0 Å². The van der Waals surface area contributed by atoms with E-state index in [1.165, 1.54) is 19.2 Å². The topological polar surface area (TPSA) is 84.6 Å². The van der Waals surface area contributed by atoms with Crippen LogP contribution in [0.25, 0.3) is 0 Å². The third-order valence-corrected chi connectivity index (χ3v) is 4.79. The van der Waals surface area contributed by atoms with Gasteiger partial charge in [-0.1, -0.05) is 13.0 Å². The molecule has 0 radical (unpaired) electrons. The lowest BCUT2D eigenvalue weighted by Crippen LogP contribution is -2.41. The van der Waals surface area contributed by atoms with E-state index in [1.807, 2.05) is 6.92 Å². The summed E-state index contributed by atoms with van der Waals surface area (Å²) in [6, 6.07) is 4.19. The van der Waals surface area contributed by atoms with Crippen LogP contribution in [-0.4, -0.2) is 29.2 Å². The molecule has 3 rings (SSSR count). The number of nitrogens with one attached hydrogen (secondary N) is 1. The van der Waals surface area contributed by atoms with Gasteiger partial charge in [-0.25, -0.2) is 9.37 Å². The van der Waals surface area contributed by atoms with Crippen LogP contribution < -0.4 is 10.1 Å². The number of hydrogen-bond donors (Lipinski definition) is 2. The lowest BCUT2D eigenvalue weighted by atomic mass is 9.75. The Kier molecular flexibility index (Phi) is 5.27. The van der Waals surface area contributed by atoms with Crippen molar-refractivity contribution in [2.24, 2.45) is 5.92 Å². The predicted molar refractivity (Wildman–Crippen MR) is 92.5 cm³/mol. The van der Waals surface area contributed by atoms with Gasteiger partial charge < -0.3 is 19.6 Å². The van der Waals surface area contributed by atoms with Crippen LogP contribution in [0.15, 0.2) is 22.6 Å². The highest BCUT2D eigenvalue weighted by Gasteiger charge is 2.36. The second-order valence-corrected chi connectivity index (χ2v) is 6.61. The average Bonchev–Trinajstić information content (AvgIpc) is 2.98. The third kappa shape index (κ3) is 3.58. The summed E-state index contributed by atoms with van der Waals surface area (Å²) in [5.41, 5.74) is 1.15. The molecular formula is C19H23FN2O4. The zero-order valence-corrected chi connectivity index (χ0v) is 15.1. The number of ether oxygens (including phenoxy) is 1. The molecule has 1 aromatic heterocycles. The summed E-state index contributed by atoms with van der Waals surface area (Å²) in [4.78, 5) is 16.9. The number of aliphatic hydroxyl groups excluding tert-OH is 1. The molecular weight excluding hydrogens is 339 g/mol. The summed E-state index contributed by atoms with van der Waals surface area (Å²) in [7, 11) is 1.40. The largest absolute Gasteiger partial charge is 0.494 e. The van der Waals surface area contributed by atoms with Gasteiger partial charge in [0.05, 0.1) is 24.9 Å². The maximum absolute atomic E-state index is 14.1. The smallest absolute Gasteiger partial charge is 0.289 e. The molecule has 0 unspecified atom stereocenters. The average molecular weight is 362 g/mol. The van der Waals surface area contributed by atoms with Crippen molar-refractivity contribution in [3.8, 4) is 5.75 Å². The standard InChI is InChI=1S/C19H23FN2O4/c1-4-16-21-10(2)18(26-16)19(24)22-17(12-7-13(23)8-12)11-5-6-15(25-3)14(20)9-11/h5-6,9,12-13,17,23H,4,7-8H2,1-3H3,(H,22,24)/t12?,13?,17-/m0/s1. The molecule has 0 spiro atoms. The Morgan fingerprint density at radius 2 is 2.23 bits per heavy atom. The number of carbonyl (C=O) groups excluding carboxylic acids is 1. The van der Waals surface area contributed by atoms with Gasteiger partial charge in [0, 0.05) is 6.42 Å². The summed E-state index contributed by atoms with van der Waals surface area (Å²) in [5.74, 6) is -0.0493. The van der Waals surface area contributed by atoms with Crippen molar-refractivity contribution < 1.29 is 23.4 Å². The number of hydrogen-bond acceptors (Lipinski definition) is 5. The van der Waals surface area contributed by atoms with Crippen molar-refractivity contribution in [3.05, 3.63) is 46.9 Å². The highest BCUT2D eigenvalue weighted by Crippen LogP contribution is 2.39. The van der Waals surface area contributed by atoms with Gasteiger partial charge in [-0.05, 0) is 43.4 Å². The van der Waals surface area contributed by atoms with Gasteiger partial charge in [-0.2, -0.15) is 0 Å². The first-order valence-electron chi connectivity index (χ1n) is 8.71. The first-order valence-corrected chi connectivity index (χ1v) is 8.71. The number of aryl methyl sites for hydroxylation is 2. The maximum Gasteiger partial charge on any atom is 0.289 e. The summed E-state index contributed by atoms with van der Waals surface area (Å²) in [6.07, 6.45) is 1.31. The van der Waals surface area contributed by atoms with Crippen molar-refractivity contribution in [3.63, 3.8) is 0 Å². The minimum Gasteiger partial charge on any atom is -0.494 e. The summed E-state index contributed by atoms with van der Waals surface area (Å²) in [5, 5.41) is 12.6. The Morgan fingerprint density at radius 3 is 2.77 bits per heavy atom. The van der Waals surface area contributed by atoms with Crippen molar-refractivity contribution in [2.45, 2.75) is 45.3 Å². The van der Waals surface area contributed by atoms with Crippen LogP contribution in [0.2, 0.25) is 0 Å². The lowest BCUT2D eigenvalue weighted by molar-refractivity contribution is 0.0231. The summed E-state index contributed by atoms with van der Waals surface area (Å²) < 4.78 is 24.6. The Hall–Kier alpha value is -2.41. The van der Waals surface area contributed by atoms with E-state index < -0.39 is 17.8 Å². The molecule has 1 aromatic carbocycles. The number of halogens is 1. The maximum atomic E-state index is 14.1. The van der Waals surface area contributed by atoms with Gasteiger partial charge in [-0.3, -0.25) is 4.79 Å².